The molecule has 0 aliphatic heterocycles. The van der Waals surface area contributed by atoms with Gasteiger partial charge in [0.15, 0.2) is 0 Å². The van der Waals surface area contributed by atoms with E-state index < -0.39 is 0 Å². The largest absolute Gasteiger partial charge is 0.361 e. The fraction of sp³-hybridized carbons (Fsp3) is 0.200. The van der Waals surface area contributed by atoms with Crippen molar-refractivity contribution in [3.05, 3.63) is 88.9 Å². The zero-order valence-electron chi connectivity index (χ0n) is 18.5. The van der Waals surface area contributed by atoms with Crippen LogP contribution in [0.15, 0.2) is 66.0 Å². The van der Waals surface area contributed by atoms with Gasteiger partial charge in [0.2, 0.25) is 5.16 Å². The molecular formula is C25H24N6OS. The Morgan fingerprint density at radius 1 is 1.06 bits per heavy atom. The third-order valence-corrected chi connectivity index (χ3v) is 6.46. The number of hydrogen-bond acceptors (Lipinski definition) is 5. The minimum Gasteiger partial charge on any atom is -0.361 e. The highest BCUT2D eigenvalue weighted by atomic mass is 32.2. The van der Waals surface area contributed by atoms with Crippen molar-refractivity contribution in [2.75, 3.05) is 6.54 Å². The zero-order chi connectivity index (χ0) is 22.8. The van der Waals surface area contributed by atoms with Crippen molar-refractivity contribution in [1.82, 2.24) is 29.9 Å². The lowest BCUT2D eigenvalue weighted by Crippen LogP contribution is -2.26. The third-order valence-electron chi connectivity index (χ3n) is 5.57. The summed E-state index contributed by atoms with van der Waals surface area (Å²) in [7, 11) is 0. The molecule has 2 aromatic carbocycles. The van der Waals surface area contributed by atoms with Gasteiger partial charge in [0.05, 0.1) is 0 Å². The summed E-state index contributed by atoms with van der Waals surface area (Å²) in [6.07, 6.45) is 2.78. The number of aromatic nitrogens is 5. The first-order valence-corrected chi connectivity index (χ1v) is 11.8. The smallest absolute Gasteiger partial charge is 0.253 e. The summed E-state index contributed by atoms with van der Waals surface area (Å²) in [5, 5.41) is 9.46. The molecule has 3 heterocycles. The molecule has 0 radical (unpaired) electrons. The standard InChI is InChI=1S/C25H24N6OS/c1-16-13-17(2)31-24(28-16)29-25(30-31)33-15-19-7-3-4-9-21(19)23(32)26-12-11-18-14-27-22-10-6-5-8-20(18)22/h3-10,13-14,27H,11-12,15H2,1-2H3,(H,26,32). The van der Waals surface area contributed by atoms with Crippen molar-refractivity contribution in [2.24, 2.45) is 0 Å². The minimum atomic E-state index is -0.0675. The van der Waals surface area contributed by atoms with Crippen LogP contribution in [0.4, 0.5) is 0 Å². The summed E-state index contributed by atoms with van der Waals surface area (Å²) in [4.78, 5) is 25.2. The number of benzene rings is 2. The number of H-pyrrole nitrogens is 1. The van der Waals surface area contributed by atoms with Gasteiger partial charge in [0.25, 0.3) is 11.7 Å². The molecule has 3 aromatic heterocycles. The maximum absolute atomic E-state index is 12.9. The molecule has 0 aliphatic carbocycles. The molecule has 0 saturated heterocycles. The zero-order valence-corrected chi connectivity index (χ0v) is 19.3. The van der Waals surface area contributed by atoms with Gasteiger partial charge in [0, 0.05) is 46.3 Å². The molecule has 0 saturated carbocycles. The molecule has 0 bridgehead atoms. The summed E-state index contributed by atoms with van der Waals surface area (Å²) in [5.74, 6) is 1.13. The first kappa shape index (κ1) is 21.2. The normalized spacial score (nSPS) is 11.3. The molecule has 0 spiro atoms. The van der Waals surface area contributed by atoms with Crippen LogP contribution in [0.3, 0.4) is 0 Å². The Labute approximate surface area is 195 Å². The van der Waals surface area contributed by atoms with E-state index in [1.807, 2.05) is 62.5 Å². The molecule has 2 N–H and O–H groups in total. The number of aromatic amines is 1. The maximum Gasteiger partial charge on any atom is 0.253 e. The second-order valence-electron chi connectivity index (χ2n) is 7.96. The molecule has 8 heteroatoms. The topological polar surface area (TPSA) is 88.0 Å². The Bertz CT molecular complexity index is 1450. The maximum atomic E-state index is 12.9. The lowest BCUT2D eigenvalue weighted by Gasteiger charge is -2.09. The van der Waals surface area contributed by atoms with Crippen molar-refractivity contribution in [3.8, 4) is 0 Å². The second kappa shape index (κ2) is 9.07. The van der Waals surface area contributed by atoms with Crippen molar-refractivity contribution >= 4 is 34.3 Å². The van der Waals surface area contributed by atoms with Gasteiger partial charge in [0.1, 0.15) is 0 Å². The third kappa shape index (κ3) is 4.47. The number of rotatable bonds is 7. The van der Waals surface area contributed by atoms with Crippen molar-refractivity contribution < 1.29 is 4.79 Å². The molecule has 0 atom stereocenters. The van der Waals surface area contributed by atoms with Crippen LogP contribution in [0.2, 0.25) is 0 Å². The molecule has 5 rings (SSSR count). The van der Waals surface area contributed by atoms with E-state index >= 15 is 0 Å². The number of carbonyl (C=O) groups is 1. The van der Waals surface area contributed by atoms with Gasteiger partial charge in [-0.3, -0.25) is 4.79 Å². The van der Waals surface area contributed by atoms with Gasteiger partial charge in [-0.2, -0.15) is 4.98 Å². The fourth-order valence-corrected chi connectivity index (χ4v) is 4.79. The Hall–Kier alpha value is -3.65. The second-order valence-corrected chi connectivity index (χ2v) is 8.90. The lowest BCUT2D eigenvalue weighted by molar-refractivity contribution is 0.0953. The van der Waals surface area contributed by atoms with E-state index in [-0.39, 0.29) is 5.91 Å². The van der Waals surface area contributed by atoms with Gasteiger partial charge >= 0.3 is 0 Å². The van der Waals surface area contributed by atoms with E-state index in [1.54, 1.807) is 4.52 Å². The molecule has 1 amide bonds. The highest BCUT2D eigenvalue weighted by Gasteiger charge is 2.14. The molecule has 0 aliphatic rings. The predicted molar refractivity (Wildman–Crippen MR) is 131 cm³/mol. The van der Waals surface area contributed by atoms with Crippen molar-refractivity contribution in [2.45, 2.75) is 31.2 Å². The number of hydrogen-bond donors (Lipinski definition) is 2. The Morgan fingerprint density at radius 3 is 2.79 bits per heavy atom. The van der Waals surface area contributed by atoms with E-state index in [2.05, 4.69) is 37.5 Å². The number of nitrogens with zero attached hydrogens (tertiary/aromatic N) is 4. The van der Waals surface area contributed by atoms with Crippen LogP contribution in [0.1, 0.15) is 32.9 Å². The first-order chi connectivity index (χ1) is 16.1. The average Bonchev–Trinajstić information content (AvgIpc) is 3.42. The van der Waals surface area contributed by atoms with Gasteiger partial charge in [-0.15, -0.1) is 5.10 Å². The van der Waals surface area contributed by atoms with Crippen LogP contribution in [-0.4, -0.2) is 37.0 Å². The Kier molecular flexibility index (Phi) is 5.83. The number of amides is 1. The fourth-order valence-electron chi connectivity index (χ4n) is 3.96. The predicted octanol–water partition coefficient (Wildman–Crippen LogP) is 4.49. The molecule has 7 nitrogen and oxygen atoms in total. The number of para-hydroxylation sites is 1. The van der Waals surface area contributed by atoms with E-state index in [0.717, 1.165) is 28.9 Å². The van der Waals surface area contributed by atoms with Crippen molar-refractivity contribution in [3.63, 3.8) is 0 Å². The highest BCUT2D eigenvalue weighted by Crippen LogP contribution is 2.23. The summed E-state index contributed by atoms with van der Waals surface area (Å²) in [6.45, 7) is 4.50. The van der Waals surface area contributed by atoms with Crippen LogP contribution >= 0.6 is 11.8 Å². The van der Waals surface area contributed by atoms with Crippen LogP contribution in [-0.2, 0) is 12.2 Å². The van der Waals surface area contributed by atoms with E-state index in [4.69, 9.17) is 0 Å². The highest BCUT2D eigenvalue weighted by molar-refractivity contribution is 7.98. The number of fused-ring (bicyclic) bond motifs is 2. The minimum absolute atomic E-state index is 0.0675. The van der Waals surface area contributed by atoms with Crippen LogP contribution in [0.5, 0.6) is 0 Å². The quantitative estimate of drug-likeness (QED) is 0.352. The number of aryl methyl sites for hydroxylation is 2. The lowest BCUT2D eigenvalue weighted by atomic mass is 10.1. The SMILES string of the molecule is Cc1cc(C)n2nc(SCc3ccccc3C(=O)NCCc3c[nH]c4ccccc34)nc2n1. The monoisotopic (exact) mass is 456 g/mol. The molecule has 0 fully saturated rings. The van der Waals surface area contributed by atoms with Gasteiger partial charge in [-0.05, 0) is 49.6 Å². The van der Waals surface area contributed by atoms with Crippen molar-refractivity contribution in [1.29, 1.82) is 0 Å². The van der Waals surface area contributed by atoms with Crippen LogP contribution in [0.25, 0.3) is 16.7 Å². The Balaban J connectivity index is 1.24. The first-order valence-electron chi connectivity index (χ1n) is 10.8. The molecule has 33 heavy (non-hydrogen) atoms. The number of nitrogens with one attached hydrogen (secondary N) is 2. The Morgan fingerprint density at radius 2 is 1.88 bits per heavy atom. The molecular weight excluding hydrogens is 432 g/mol. The summed E-state index contributed by atoms with van der Waals surface area (Å²) >= 11 is 1.50. The number of carbonyl (C=O) groups excluding carboxylic acids is 1. The summed E-state index contributed by atoms with van der Waals surface area (Å²) < 4.78 is 1.75. The average molecular weight is 457 g/mol. The van der Waals surface area contributed by atoms with Gasteiger partial charge < -0.3 is 10.3 Å². The summed E-state index contributed by atoms with van der Waals surface area (Å²) in [6, 6.07) is 17.9. The number of thioether (sulfide) groups is 1. The van der Waals surface area contributed by atoms with E-state index in [0.29, 0.717) is 28.8 Å². The molecule has 5 aromatic rings. The van der Waals surface area contributed by atoms with E-state index in [1.165, 1.54) is 22.7 Å². The summed E-state index contributed by atoms with van der Waals surface area (Å²) in [5.41, 5.74) is 5.85. The molecule has 166 valence electrons. The van der Waals surface area contributed by atoms with Crippen LogP contribution < -0.4 is 5.32 Å². The molecule has 0 unspecified atom stereocenters. The van der Waals surface area contributed by atoms with Crippen LogP contribution in [0, 0.1) is 13.8 Å². The van der Waals surface area contributed by atoms with Gasteiger partial charge in [-0.25, -0.2) is 9.50 Å². The van der Waals surface area contributed by atoms with Gasteiger partial charge in [-0.1, -0.05) is 48.2 Å². The van der Waals surface area contributed by atoms with E-state index in [9.17, 15) is 4.79 Å².